The maximum Gasteiger partial charge on any atom is 0.375 e. The van der Waals surface area contributed by atoms with E-state index in [0.717, 1.165) is 0 Å². The number of carboxylic acids is 1. The highest BCUT2D eigenvalue weighted by atomic mass is 16.4. The van der Waals surface area contributed by atoms with Crippen LogP contribution in [0.15, 0.2) is 0 Å². The summed E-state index contributed by atoms with van der Waals surface area (Å²) < 4.78 is 0. The fourth-order valence-electron chi connectivity index (χ4n) is 1.48. The quantitative estimate of drug-likeness (QED) is 0.703. The van der Waals surface area contributed by atoms with E-state index >= 15 is 0 Å². The van der Waals surface area contributed by atoms with Gasteiger partial charge in [0.25, 0.3) is 5.82 Å². The standard InChI is InChI=1S/C10H16N4O3/c1-5(2)4-7(11-6(3)15)8-12-9(10(16)17)14-13-8/h5,7H,4H2,1-3H3,(H,11,15)(H,16,17)(H,12,13,14). The first-order valence-corrected chi connectivity index (χ1v) is 5.32. The van der Waals surface area contributed by atoms with Crippen LogP contribution in [0.4, 0.5) is 0 Å². The Hall–Kier alpha value is -1.92. The van der Waals surface area contributed by atoms with Gasteiger partial charge < -0.3 is 10.4 Å². The van der Waals surface area contributed by atoms with Crippen molar-refractivity contribution in [2.45, 2.75) is 33.2 Å². The van der Waals surface area contributed by atoms with Gasteiger partial charge in [-0.05, 0) is 12.3 Å². The molecule has 7 heteroatoms. The molecule has 0 bridgehead atoms. The van der Waals surface area contributed by atoms with Gasteiger partial charge in [-0.2, -0.15) is 0 Å². The highest BCUT2D eigenvalue weighted by Gasteiger charge is 2.20. The topological polar surface area (TPSA) is 108 Å². The van der Waals surface area contributed by atoms with Crippen molar-refractivity contribution in [3.05, 3.63) is 11.6 Å². The van der Waals surface area contributed by atoms with Crippen molar-refractivity contribution in [1.29, 1.82) is 0 Å². The van der Waals surface area contributed by atoms with Crippen molar-refractivity contribution in [1.82, 2.24) is 20.5 Å². The molecule has 1 aromatic rings. The Bertz CT molecular complexity index is 413. The van der Waals surface area contributed by atoms with E-state index in [1.165, 1.54) is 6.92 Å². The normalized spacial score (nSPS) is 12.5. The molecule has 0 aromatic carbocycles. The van der Waals surface area contributed by atoms with Gasteiger partial charge in [-0.25, -0.2) is 9.78 Å². The molecule has 17 heavy (non-hydrogen) atoms. The summed E-state index contributed by atoms with van der Waals surface area (Å²) in [4.78, 5) is 25.5. The minimum absolute atomic E-state index is 0.191. The Balaban J connectivity index is 2.87. The number of hydrogen-bond acceptors (Lipinski definition) is 4. The van der Waals surface area contributed by atoms with Crippen LogP contribution in [0.5, 0.6) is 0 Å². The monoisotopic (exact) mass is 240 g/mol. The average Bonchev–Trinajstić information content (AvgIpc) is 2.63. The minimum Gasteiger partial charge on any atom is -0.475 e. The maximum absolute atomic E-state index is 11.1. The summed E-state index contributed by atoms with van der Waals surface area (Å²) in [5.74, 6) is -0.974. The number of nitrogens with one attached hydrogen (secondary N) is 2. The van der Waals surface area contributed by atoms with Crippen molar-refractivity contribution in [2.75, 3.05) is 0 Å². The number of aromatic carboxylic acids is 1. The summed E-state index contributed by atoms with van der Waals surface area (Å²) in [5, 5.41) is 17.5. The number of carbonyl (C=O) groups is 2. The van der Waals surface area contributed by atoms with Gasteiger partial charge >= 0.3 is 5.97 Å². The van der Waals surface area contributed by atoms with Crippen LogP contribution in [0.3, 0.4) is 0 Å². The van der Waals surface area contributed by atoms with Crippen LogP contribution in [0.25, 0.3) is 0 Å². The lowest BCUT2D eigenvalue weighted by Crippen LogP contribution is -2.28. The zero-order valence-corrected chi connectivity index (χ0v) is 10.0. The molecule has 1 heterocycles. The maximum atomic E-state index is 11.1. The van der Waals surface area contributed by atoms with Crippen LogP contribution in [-0.4, -0.2) is 32.2 Å². The Labute approximate surface area is 98.6 Å². The number of aromatic nitrogens is 3. The summed E-state index contributed by atoms with van der Waals surface area (Å²) >= 11 is 0. The van der Waals surface area contributed by atoms with Gasteiger partial charge in [0, 0.05) is 6.92 Å². The SMILES string of the molecule is CC(=O)NC(CC(C)C)c1nc(C(=O)O)n[nH]1. The average molecular weight is 240 g/mol. The number of H-pyrrole nitrogens is 1. The zero-order chi connectivity index (χ0) is 13.0. The number of amides is 1. The lowest BCUT2D eigenvalue weighted by atomic mass is 10.0. The second-order valence-corrected chi connectivity index (χ2v) is 4.23. The van der Waals surface area contributed by atoms with E-state index in [2.05, 4.69) is 20.5 Å². The number of carboxylic acid groups (broad SMARTS) is 1. The lowest BCUT2D eigenvalue weighted by molar-refractivity contribution is -0.119. The molecule has 0 aliphatic carbocycles. The second-order valence-electron chi connectivity index (χ2n) is 4.23. The predicted octanol–water partition coefficient (Wildman–Crippen LogP) is 0.726. The van der Waals surface area contributed by atoms with Crippen LogP contribution < -0.4 is 5.32 Å². The van der Waals surface area contributed by atoms with Crippen LogP contribution in [0.2, 0.25) is 0 Å². The molecule has 3 N–H and O–H groups in total. The fourth-order valence-corrected chi connectivity index (χ4v) is 1.48. The molecular weight excluding hydrogens is 224 g/mol. The largest absolute Gasteiger partial charge is 0.475 e. The molecule has 1 rings (SSSR count). The van der Waals surface area contributed by atoms with Crippen molar-refractivity contribution in [2.24, 2.45) is 5.92 Å². The van der Waals surface area contributed by atoms with Crippen molar-refractivity contribution < 1.29 is 14.7 Å². The van der Waals surface area contributed by atoms with Gasteiger partial charge in [0.15, 0.2) is 0 Å². The van der Waals surface area contributed by atoms with E-state index in [0.29, 0.717) is 18.2 Å². The third-order valence-corrected chi connectivity index (χ3v) is 2.11. The zero-order valence-electron chi connectivity index (χ0n) is 10.0. The number of nitrogens with zero attached hydrogens (tertiary/aromatic N) is 2. The van der Waals surface area contributed by atoms with Crippen molar-refractivity contribution in [3.8, 4) is 0 Å². The summed E-state index contributed by atoms with van der Waals surface area (Å²) in [7, 11) is 0. The Morgan fingerprint density at radius 3 is 2.53 bits per heavy atom. The van der Waals surface area contributed by atoms with Gasteiger partial charge in [-0.1, -0.05) is 13.8 Å². The molecule has 94 valence electrons. The third kappa shape index (κ3) is 3.86. The second kappa shape index (κ2) is 5.42. The Morgan fingerprint density at radius 1 is 1.47 bits per heavy atom. The van der Waals surface area contributed by atoms with Crippen LogP contribution in [0, 0.1) is 5.92 Å². The van der Waals surface area contributed by atoms with E-state index in [1.807, 2.05) is 13.8 Å². The number of hydrogen-bond donors (Lipinski definition) is 3. The number of carbonyl (C=O) groups excluding carboxylic acids is 1. The van der Waals surface area contributed by atoms with E-state index < -0.39 is 5.97 Å². The van der Waals surface area contributed by atoms with E-state index in [4.69, 9.17) is 5.11 Å². The molecular formula is C10H16N4O3. The molecule has 1 atom stereocenters. The first kappa shape index (κ1) is 13.1. The first-order chi connectivity index (χ1) is 7.90. The molecule has 7 nitrogen and oxygen atoms in total. The van der Waals surface area contributed by atoms with E-state index in [1.54, 1.807) is 0 Å². The molecule has 0 radical (unpaired) electrons. The predicted molar refractivity (Wildman–Crippen MR) is 59.4 cm³/mol. The number of rotatable bonds is 5. The molecule has 1 amide bonds. The fraction of sp³-hybridized carbons (Fsp3) is 0.600. The summed E-state index contributed by atoms with van der Waals surface area (Å²) in [6, 6.07) is -0.340. The summed E-state index contributed by atoms with van der Waals surface area (Å²) in [6.07, 6.45) is 0.661. The highest BCUT2D eigenvalue weighted by Crippen LogP contribution is 2.17. The molecule has 0 saturated heterocycles. The summed E-state index contributed by atoms with van der Waals surface area (Å²) in [5.41, 5.74) is 0. The van der Waals surface area contributed by atoms with E-state index in [-0.39, 0.29) is 17.8 Å². The molecule has 0 aliphatic rings. The lowest BCUT2D eigenvalue weighted by Gasteiger charge is -2.16. The van der Waals surface area contributed by atoms with Gasteiger partial charge in [0.2, 0.25) is 5.91 Å². The third-order valence-electron chi connectivity index (χ3n) is 2.11. The smallest absolute Gasteiger partial charge is 0.375 e. The van der Waals surface area contributed by atoms with Crippen LogP contribution in [0.1, 0.15) is 49.7 Å². The van der Waals surface area contributed by atoms with Crippen LogP contribution >= 0.6 is 0 Å². The van der Waals surface area contributed by atoms with Gasteiger partial charge in [-0.15, -0.1) is 5.10 Å². The molecule has 0 fully saturated rings. The van der Waals surface area contributed by atoms with E-state index in [9.17, 15) is 9.59 Å². The molecule has 0 spiro atoms. The Kier molecular flexibility index (Phi) is 4.19. The first-order valence-electron chi connectivity index (χ1n) is 5.32. The van der Waals surface area contributed by atoms with Crippen LogP contribution in [-0.2, 0) is 4.79 Å². The van der Waals surface area contributed by atoms with Gasteiger partial charge in [-0.3, -0.25) is 9.89 Å². The van der Waals surface area contributed by atoms with Gasteiger partial charge in [0.05, 0.1) is 6.04 Å². The Morgan fingerprint density at radius 2 is 2.12 bits per heavy atom. The summed E-state index contributed by atoms with van der Waals surface area (Å²) in [6.45, 7) is 5.41. The van der Waals surface area contributed by atoms with Crippen molar-refractivity contribution >= 4 is 11.9 Å². The molecule has 1 unspecified atom stereocenters. The highest BCUT2D eigenvalue weighted by molar-refractivity contribution is 5.82. The number of aromatic amines is 1. The molecule has 0 saturated carbocycles. The molecule has 1 aromatic heterocycles. The van der Waals surface area contributed by atoms with Gasteiger partial charge in [0.1, 0.15) is 5.82 Å². The van der Waals surface area contributed by atoms with Crippen molar-refractivity contribution in [3.63, 3.8) is 0 Å². The molecule has 0 aliphatic heterocycles. The minimum atomic E-state index is -1.20.